The third-order valence-corrected chi connectivity index (χ3v) is 9.12. The Kier molecular flexibility index (Phi) is 13.5. The molecule has 4 atom stereocenters. The average Bonchev–Trinajstić information content (AvgIpc) is 4.02. The van der Waals surface area contributed by atoms with Crippen molar-refractivity contribution < 1.29 is 43.4 Å². The van der Waals surface area contributed by atoms with E-state index in [0.717, 1.165) is 44.9 Å². The van der Waals surface area contributed by atoms with E-state index in [1.54, 1.807) is 18.2 Å². The van der Waals surface area contributed by atoms with E-state index in [9.17, 15) is 38.7 Å². The average molecular weight is 684 g/mol. The fourth-order valence-electron chi connectivity index (χ4n) is 6.07. The Labute approximate surface area is 286 Å². The van der Waals surface area contributed by atoms with Gasteiger partial charge in [0.1, 0.15) is 18.1 Å². The summed E-state index contributed by atoms with van der Waals surface area (Å²) in [6.45, 7) is 3.36. The smallest absolute Gasteiger partial charge is 0.407 e. The van der Waals surface area contributed by atoms with Crippen LogP contribution in [-0.2, 0) is 33.5 Å². The number of Topliss-reactive ketones (excluding diaryl/α,β-unsaturated/α-hetero) is 1. The lowest BCUT2D eigenvalue weighted by Crippen LogP contribution is -2.58. The highest BCUT2D eigenvalue weighted by Gasteiger charge is 2.42. The van der Waals surface area contributed by atoms with Gasteiger partial charge >= 0.3 is 12.1 Å². The molecule has 3 unspecified atom stereocenters. The third kappa shape index (κ3) is 11.9. The van der Waals surface area contributed by atoms with Gasteiger partial charge in [-0.05, 0) is 61.3 Å². The molecule has 6 N–H and O–H groups in total. The molecule has 5 amide bonds. The van der Waals surface area contributed by atoms with Crippen LogP contribution in [0, 0.1) is 23.7 Å². The van der Waals surface area contributed by atoms with Gasteiger partial charge in [-0.1, -0.05) is 76.3 Å². The van der Waals surface area contributed by atoms with Gasteiger partial charge in [0, 0.05) is 0 Å². The van der Waals surface area contributed by atoms with Crippen LogP contribution in [0.1, 0.15) is 89.7 Å². The molecule has 3 aliphatic rings. The molecule has 14 nitrogen and oxygen atoms in total. The molecule has 268 valence electrons. The summed E-state index contributed by atoms with van der Waals surface area (Å²) in [4.78, 5) is 90.3. The highest BCUT2D eigenvalue weighted by Crippen LogP contribution is 2.35. The Morgan fingerprint density at radius 3 is 2.02 bits per heavy atom. The van der Waals surface area contributed by atoms with Crippen molar-refractivity contribution in [2.24, 2.45) is 23.7 Å². The number of nitrogens with one attached hydrogen (secondary N) is 5. The minimum Gasteiger partial charge on any atom is -0.479 e. The number of aliphatic carboxylic acids is 1. The zero-order valence-corrected chi connectivity index (χ0v) is 28.2. The molecule has 0 radical (unpaired) electrons. The number of hydrogen-bond donors (Lipinski definition) is 6. The molecule has 14 heteroatoms. The van der Waals surface area contributed by atoms with E-state index < -0.39 is 72.2 Å². The molecule has 3 saturated carbocycles. The zero-order valence-electron chi connectivity index (χ0n) is 28.2. The fraction of sp³-hybridized carbons (Fsp3) is 0.629. The van der Waals surface area contributed by atoms with E-state index in [0.29, 0.717) is 24.8 Å². The van der Waals surface area contributed by atoms with Crippen LogP contribution < -0.4 is 26.6 Å². The highest BCUT2D eigenvalue weighted by atomic mass is 16.5. The van der Waals surface area contributed by atoms with Crippen molar-refractivity contribution in [3.8, 4) is 0 Å². The van der Waals surface area contributed by atoms with Crippen LogP contribution in [0.15, 0.2) is 30.3 Å². The van der Waals surface area contributed by atoms with Crippen LogP contribution in [-0.4, -0.2) is 77.9 Å². The molecule has 4 rings (SSSR count). The number of carboxylic acid groups (broad SMARTS) is 1. The number of amides is 5. The van der Waals surface area contributed by atoms with Gasteiger partial charge in [-0.2, -0.15) is 0 Å². The summed E-state index contributed by atoms with van der Waals surface area (Å²) in [7, 11) is 0. The first kappa shape index (κ1) is 37.3. The number of carbonyl (C=O) groups excluding carboxylic acids is 6. The van der Waals surface area contributed by atoms with Crippen LogP contribution in [0.3, 0.4) is 0 Å². The summed E-state index contributed by atoms with van der Waals surface area (Å²) in [5.74, 6) is -5.31. The van der Waals surface area contributed by atoms with E-state index in [1.807, 2.05) is 13.8 Å². The molecule has 0 saturated heterocycles. The van der Waals surface area contributed by atoms with Gasteiger partial charge in [-0.15, -0.1) is 0 Å². The molecule has 3 fully saturated rings. The lowest BCUT2D eigenvalue weighted by atomic mass is 9.83. The predicted octanol–water partition coefficient (Wildman–Crippen LogP) is 2.12. The number of ether oxygens (including phenoxy) is 1. The molecule has 3 aliphatic carbocycles. The van der Waals surface area contributed by atoms with Crippen molar-refractivity contribution in [2.75, 3.05) is 13.2 Å². The number of benzene rings is 1. The molecule has 1 aromatic carbocycles. The summed E-state index contributed by atoms with van der Waals surface area (Å²) < 4.78 is 5.28. The van der Waals surface area contributed by atoms with Gasteiger partial charge in [-0.3, -0.25) is 24.0 Å². The second-order valence-electron chi connectivity index (χ2n) is 13.9. The molecule has 0 bridgehead atoms. The van der Waals surface area contributed by atoms with Gasteiger partial charge in [0.15, 0.2) is 6.04 Å². The Hall–Kier alpha value is -4.49. The number of hydrogen-bond acceptors (Lipinski definition) is 8. The summed E-state index contributed by atoms with van der Waals surface area (Å²) in [6.07, 6.45) is 7.03. The van der Waals surface area contributed by atoms with Crippen molar-refractivity contribution in [3.05, 3.63) is 35.9 Å². The number of ketones is 1. The maximum absolute atomic E-state index is 13.7. The summed E-state index contributed by atoms with van der Waals surface area (Å²) in [6, 6.07) is 3.63. The first-order chi connectivity index (χ1) is 23.4. The standard InChI is InChI=1S/C35H49N5O9/c1-20(2)19-49-35(48)40-28(22-9-5-3-6-10-22)32(44)37-25(17-21-13-14-21)31(43)39-27(24-15-16-24)30(42)33(45)36-18-26(41)38-29(34(46)47)23-11-7-4-8-12-23/h4,7-8,11-12,20-22,24-25,27-29H,3,5-6,9-10,13-19H2,1-2H3,(H,36,45)(H,37,44)(H,38,41)(H,39,43)(H,40,48)(H,46,47)/t25?,27?,28?,29-/m0/s1. The van der Waals surface area contributed by atoms with Crippen molar-refractivity contribution >= 4 is 41.5 Å². The van der Waals surface area contributed by atoms with Crippen LogP contribution in [0.5, 0.6) is 0 Å². The highest BCUT2D eigenvalue weighted by molar-refractivity contribution is 6.38. The first-order valence-corrected chi connectivity index (χ1v) is 17.4. The predicted molar refractivity (Wildman–Crippen MR) is 177 cm³/mol. The van der Waals surface area contributed by atoms with Crippen LogP contribution in [0.2, 0.25) is 0 Å². The van der Waals surface area contributed by atoms with Gasteiger partial charge in [0.2, 0.25) is 23.5 Å². The van der Waals surface area contributed by atoms with Crippen molar-refractivity contribution in [2.45, 2.75) is 102 Å². The first-order valence-electron chi connectivity index (χ1n) is 17.4. The Bertz CT molecular complexity index is 1360. The molecule has 0 heterocycles. The number of carboxylic acids is 1. The lowest BCUT2D eigenvalue weighted by molar-refractivity contribution is -0.142. The quantitative estimate of drug-likeness (QED) is 0.125. The summed E-state index contributed by atoms with van der Waals surface area (Å²) in [5, 5.41) is 22.4. The van der Waals surface area contributed by atoms with Crippen LogP contribution in [0.25, 0.3) is 0 Å². The van der Waals surface area contributed by atoms with Crippen molar-refractivity contribution in [1.82, 2.24) is 26.6 Å². The van der Waals surface area contributed by atoms with Gasteiger partial charge in [-0.25, -0.2) is 9.59 Å². The number of carbonyl (C=O) groups is 7. The van der Waals surface area contributed by atoms with Crippen molar-refractivity contribution in [1.29, 1.82) is 0 Å². The monoisotopic (exact) mass is 683 g/mol. The Morgan fingerprint density at radius 2 is 1.43 bits per heavy atom. The molecule has 0 spiro atoms. The normalized spacial score (nSPS) is 18.6. The molecule has 49 heavy (non-hydrogen) atoms. The van der Waals surface area contributed by atoms with Crippen LogP contribution >= 0.6 is 0 Å². The fourth-order valence-corrected chi connectivity index (χ4v) is 6.07. The molecular formula is C35H49N5O9. The SMILES string of the molecule is CC(C)COC(=O)NC(C(=O)NC(CC1CC1)C(=O)NC(C(=O)C(=O)NCC(=O)N[C@H](C(=O)O)c1ccccc1)C1CC1)C1CCCCC1. The maximum atomic E-state index is 13.7. The second kappa shape index (κ2) is 17.8. The van der Waals surface area contributed by atoms with E-state index in [-0.39, 0.29) is 30.3 Å². The summed E-state index contributed by atoms with van der Waals surface area (Å²) >= 11 is 0. The zero-order chi connectivity index (χ0) is 35.5. The van der Waals surface area contributed by atoms with Gasteiger partial charge < -0.3 is 36.4 Å². The number of rotatable bonds is 18. The Balaban J connectivity index is 1.37. The minimum atomic E-state index is -1.35. The Morgan fingerprint density at radius 1 is 0.776 bits per heavy atom. The molecule has 0 aliphatic heterocycles. The van der Waals surface area contributed by atoms with Crippen molar-refractivity contribution in [3.63, 3.8) is 0 Å². The van der Waals surface area contributed by atoms with Gasteiger partial charge in [0.05, 0.1) is 13.2 Å². The van der Waals surface area contributed by atoms with E-state index in [2.05, 4.69) is 26.6 Å². The molecule has 1 aromatic rings. The summed E-state index contributed by atoms with van der Waals surface area (Å²) in [5.41, 5.74) is 0.335. The second-order valence-corrected chi connectivity index (χ2v) is 13.9. The molecule has 0 aromatic heterocycles. The van der Waals surface area contributed by atoms with E-state index >= 15 is 0 Å². The largest absolute Gasteiger partial charge is 0.479 e. The topological polar surface area (TPSA) is 209 Å². The molecular weight excluding hydrogens is 634 g/mol. The third-order valence-electron chi connectivity index (χ3n) is 9.12. The van der Waals surface area contributed by atoms with Gasteiger partial charge in [0.25, 0.3) is 5.91 Å². The maximum Gasteiger partial charge on any atom is 0.407 e. The number of alkyl carbamates (subject to hydrolysis) is 1. The lowest BCUT2D eigenvalue weighted by Gasteiger charge is -2.31. The van der Waals surface area contributed by atoms with Crippen LogP contribution in [0.4, 0.5) is 4.79 Å². The van der Waals surface area contributed by atoms with E-state index in [4.69, 9.17) is 4.74 Å². The minimum absolute atomic E-state index is 0.115. The van der Waals surface area contributed by atoms with E-state index in [1.165, 1.54) is 12.1 Å².